The average Bonchev–Trinajstić information content (AvgIpc) is 2.89. The number of hydrogen-bond acceptors (Lipinski definition) is 5. The van der Waals surface area contributed by atoms with E-state index < -0.39 is 5.97 Å². The van der Waals surface area contributed by atoms with E-state index in [1.165, 1.54) is 5.56 Å². The summed E-state index contributed by atoms with van der Waals surface area (Å²) in [6.07, 6.45) is 2.49. The summed E-state index contributed by atoms with van der Waals surface area (Å²) >= 11 is 0. The van der Waals surface area contributed by atoms with Gasteiger partial charge in [0.25, 0.3) is 0 Å². The van der Waals surface area contributed by atoms with Crippen LogP contribution in [-0.2, 0) is 17.6 Å². The van der Waals surface area contributed by atoms with Crippen LogP contribution in [0.25, 0.3) is 0 Å². The molecule has 1 heterocycles. The molecular weight excluding hydrogens is 244 g/mol. The van der Waals surface area contributed by atoms with Crippen LogP contribution in [0.4, 0.5) is 0 Å². The summed E-state index contributed by atoms with van der Waals surface area (Å²) in [5.74, 6) is -0.167. The van der Waals surface area contributed by atoms with Crippen molar-refractivity contribution in [2.45, 2.75) is 26.2 Å². The molecular formula is C14H16N2O3. The first-order chi connectivity index (χ1) is 9.29. The summed E-state index contributed by atoms with van der Waals surface area (Å²) in [6, 6.07) is 10.2. The maximum absolute atomic E-state index is 11.3. The van der Waals surface area contributed by atoms with Crippen LogP contribution in [0.1, 0.15) is 35.5 Å². The molecule has 0 atom stereocenters. The lowest BCUT2D eigenvalue weighted by Gasteiger charge is -1.98. The molecule has 1 aromatic heterocycles. The molecule has 0 saturated heterocycles. The van der Waals surface area contributed by atoms with E-state index in [0.717, 1.165) is 12.8 Å². The van der Waals surface area contributed by atoms with Gasteiger partial charge in [-0.3, -0.25) is 0 Å². The van der Waals surface area contributed by atoms with Crippen LogP contribution >= 0.6 is 0 Å². The maximum Gasteiger partial charge on any atom is 0.396 e. The standard InChI is InChI=1S/C14H16N2O3/c1-2-18-14(17)13-16-15-12(19-13)10-6-9-11-7-4-3-5-8-11/h3-5,7-8H,2,6,9-10H2,1H3. The van der Waals surface area contributed by atoms with Gasteiger partial charge in [-0.25, -0.2) is 4.79 Å². The molecule has 0 N–H and O–H groups in total. The number of nitrogens with zero attached hydrogens (tertiary/aromatic N) is 2. The highest BCUT2D eigenvalue weighted by Crippen LogP contribution is 2.08. The van der Waals surface area contributed by atoms with E-state index in [-0.39, 0.29) is 5.89 Å². The summed E-state index contributed by atoms with van der Waals surface area (Å²) < 4.78 is 10.0. The third kappa shape index (κ3) is 3.91. The molecule has 5 nitrogen and oxygen atoms in total. The van der Waals surface area contributed by atoms with Crippen molar-refractivity contribution in [2.75, 3.05) is 6.61 Å². The smallest absolute Gasteiger partial charge is 0.396 e. The molecule has 19 heavy (non-hydrogen) atoms. The van der Waals surface area contributed by atoms with Crippen molar-refractivity contribution >= 4 is 5.97 Å². The predicted molar refractivity (Wildman–Crippen MR) is 68.7 cm³/mol. The highest BCUT2D eigenvalue weighted by Gasteiger charge is 2.15. The predicted octanol–water partition coefficient (Wildman–Crippen LogP) is 2.42. The molecule has 0 saturated carbocycles. The fourth-order valence-electron chi connectivity index (χ4n) is 1.72. The lowest BCUT2D eigenvalue weighted by Crippen LogP contribution is -2.04. The Bertz CT molecular complexity index is 522. The molecule has 0 spiro atoms. The van der Waals surface area contributed by atoms with Gasteiger partial charge in [-0.1, -0.05) is 30.3 Å². The maximum atomic E-state index is 11.3. The molecule has 0 fully saturated rings. The zero-order valence-electron chi connectivity index (χ0n) is 10.8. The van der Waals surface area contributed by atoms with Crippen LogP contribution in [0, 0.1) is 0 Å². The number of aryl methyl sites for hydroxylation is 2. The summed E-state index contributed by atoms with van der Waals surface area (Å²) in [4.78, 5) is 11.3. The quantitative estimate of drug-likeness (QED) is 0.746. The number of carbonyl (C=O) groups excluding carboxylic acids is 1. The Morgan fingerprint density at radius 1 is 1.21 bits per heavy atom. The van der Waals surface area contributed by atoms with Crippen LogP contribution in [0.15, 0.2) is 34.7 Å². The molecule has 0 amide bonds. The van der Waals surface area contributed by atoms with Crippen molar-refractivity contribution in [1.82, 2.24) is 10.2 Å². The van der Waals surface area contributed by atoms with Crippen LogP contribution in [-0.4, -0.2) is 22.8 Å². The number of aromatic nitrogens is 2. The van der Waals surface area contributed by atoms with Crippen molar-refractivity contribution in [3.63, 3.8) is 0 Å². The summed E-state index contributed by atoms with van der Waals surface area (Å²) in [5, 5.41) is 7.50. The second kappa shape index (κ2) is 6.68. The second-order valence-corrected chi connectivity index (χ2v) is 4.06. The van der Waals surface area contributed by atoms with Gasteiger partial charge in [0, 0.05) is 6.42 Å². The molecule has 1 aromatic carbocycles. The van der Waals surface area contributed by atoms with E-state index in [4.69, 9.17) is 9.15 Å². The Kier molecular flexibility index (Phi) is 4.66. The van der Waals surface area contributed by atoms with Gasteiger partial charge in [0.2, 0.25) is 5.89 Å². The number of ether oxygens (including phenoxy) is 1. The van der Waals surface area contributed by atoms with Gasteiger partial charge in [-0.05, 0) is 25.3 Å². The molecule has 2 aromatic rings. The van der Waals surface area contributed by atoms with Crippen molar-refractivity contribution < 1.29 is 13.9 Å². The Morgan fingerprint density at radius 3 is 2.74 bits per heavy atom. The Hall–Kier alpha value is -2.17. The molecule has 100 valence electrons. The van der Waals surface area contributed by atoms with E-state index >= 15 is 0 Å². The van der Waals surface area contributed by atoms with Crippen molar-refractivity contribution in [3.8, 4) is 0 Å². The van der Waals surface area contributed by atoms with Gasteiger partial charge in [0.05, 0.1) is 6.61 Å². The normalized spacial score (nSPS) is 10.4. The van der Waals surface area contributed by atoms with Crippen LogP contribution < -0.4 is 0 Å². The topological polar surface area (TPSA) is 65.2 Å². The highest BCUT2D eigenvalue weighted by molar-refractivity contribution is 5.83. The number of rotatable bonds is 6. The molecule has 2 rings (SSSR count). The fraction of sp³-hybridized carbons (Fsp3) is 0.357. The van der Waals surface area contributed by atoms with Crippen LogP contribution in [0.5, 0.6) is 0 Å². The van der Waals surface area contributed by atoms with Crippen molar-refractivity contribution in [1.29, 1.82) is 0 Å². The van der Waals surface area contributed by atoms with Crippen LogP contribution in [0.2, 0.25) is 0 Å². The van der Waals surface area contributed by atoms with E-state index in [1.807, 2.05) is 18.2 Å². The lowest BCUT2D eigenvalue weighted by atomic mass is 10.1. The van der Waals surface area contributed by atoms with Gasteiger partial charge in [0.1, 0.15) is 0 Å². The zero-order valence-corrected chi connectivity index (χ0v) is 10.8. The van der Waals surface area contributed by atoms with Gasteiger partial charge in [-0.15, -0.1) is 10.2 Å². The molecule has 0 aliphatic rings. The molecule has 0 aliphatic carbocycles. The summed E-state index contributed by atoms with van der Waals surface area (Å²) in [5.41, 5.74) is 1.27. The van der Waals surface area contributed by atoms with Crippen molar-refractivity contribution in [2.24, 2.45) is 0 Å². The van der Waals surface area contributed by atoms with Crippen LogP contribution in [0.3, 0.4) is 0 Å². The molecule has 0 unspecified atom stereocenters. The largest absolute Gasteiger partial charge is 0.459 e. The highest BCUT2D eigenvalue weighted by atomic mass is 16.5. The first kappa shape index (κ1) is 13.3. The minimum atomic E-state index is -0.565. The zero-order chi connectivity index (χ0) is 13.5. The van der Waals surface area contributed by atoms with Crippen molar-refractivity contribution in [3.05, 3.63) is 47.7 Å². The average molecular weight is 260 g/mol. The van der Waals surface area contributed by atoms with E-state index in [2.05, 4.69) is 22.3 Å². The number of benzene rings is 1. The number of esters is 1. The first-order valence-corrected chi connectivity index (χ1v) is 6.33. The molecule has 0 aliphatic heterocycles. The number of hydrogen-bond donors (Lipinski definition) is 0. The van der Waals surface area contributed by atoms with Gasteiger partial charge >= 0.3 is 11.9 Å². The summed E-state index contributed by atoms with van der Waals surface area (Å²) in [6.45, 7) is 2.03. The minimum Gasteiger partial charge on any atom is -0.459 e. The number of carbonyl (C=O) groups is 1. The van der Waals surface area contributed by atoms with E-state index in [9.17, 15) is 4.79 Å². The van der Waals surface area contributed by atoms with Gasteiger partial charge in [-0.2, -0.15) is 0 Å². The van der Waals surface area contributed by atoms with Gasteiger partial charge < -0.3 is 9.15 Å². The summed E-state index contributed by atoms with van der Waals surface area (Å²) in [7, 11) is 0. The third-order valence-corrected chi connectivity index (χ3v) is 2.62. The lowest BCUT2D eigenvalue weighted by molar-refractivity contribution is 0.0478. The Morgan fingerprint density at radius 2 is 2.00 bits per heavy atom. The minimum absolute atomic E-state index is 0.0726. The first-order valence-electron chi connectivity index (χ1n) is 6.33. The molecule has 5 heteroatoms. The SMILES string of the molecule is CCOC(=O)c1nnc(CCCc2ccccc2)o1. The second-order valence-electron chi connectivity index (χ2n) is 4.06. The molecule has 0 radical (unpaired) electrons. The van der Waals surface area contributed by atoms with E-state index in [0.29, 0.717) is 18.9 Å². The Balaban J connectivity index is 1.82. The van der Waals surface area contributed by atoms with E-state index in [1.54, 1.807) is 6.92 Å². The Labute approximate surface area is 111 Å². The third-order valence-electron chi connectivity index (χ3n) is 2.62. The molecule has 0 bridgehead atoms. The van der Waals surface area contributed by atoms with Gasteiger partial charge in [0.15, 0.2) is 0 Å². The fourth-order valence-corrected chi connectivity index (χ4v) is 1.72. The monoisotopic (exact) mass is 260 g/mol.